The van der Waals surface area contributed by atoms with E-state index in [2.05, 4.69) is 18.1 Å². The van der Waals surface area contributed by atoms with Crippen molar-refractivity contribution >= 4 is 0 Å². The highest BCUT2D eigenvalue weighted by molar-refractivity contribution is 4.96. The lowest BCUT2D eigenvalue weighted by Crippen LogP contribution is -2.21. The van der Waals surface area contributed by atoms with Gasteiger partial charge in [-0.15, -0.1) is 16.7 Å². The Kier molecular flexibility index (Phi) is 5.60. The van der Waals surface area contributed by atoms with E-state index in [-0.39, 0.29) is 0 Å². The van der Waals surface area contributed by atoms with Crippen molar-refractivity contribution in [2.24, 2.45) is 0 Å². The monoisotopic (exact) mass is 199 g/mol. The summed E-state index contributed by atoms with van der Waals surface area (Å²) in [6, 6.07) is 0. The molecule has 0 aliphatic carbocycles. The maximum atomic E-state index is 8.36. The molecule has 0 aromatic carbocycles. The van der Waals surface area contributed by atoms with Crippen molar-refractivity contribution in [1.82, 2.24) is 9.80 Å². The van der Waals surface area contributed by atoms with E-state index in [4.69, 9.17) is 15.3 Å². The Balaban J connectivity index is 0.000000364. The van der Waals surface area contributed by atoms with Gasteiger partial charge in [-0.05, 0) is 6.20 Å². The molecule has 0 unspecified atom stereocenters. The predicted molar refractivity (Wildman–Crippen MR) is 51.7 cm³/mol. The van der Waals surface area contributed by atoms with Crippen LogP contribution in [0.4, 0.5) is 0 Å². The minimum Gasteiger partial charge on any atom is -0.355 e. The van der Waals surface area contributed by atoms with Gasteiger partial charge < -0.3 is 15.0 Å². The molecule has 0 atom stereocenters. The predicted octanol–water partition coefficient (Wildman–Crippen LogP) is 1.01. The normalized spacial score (nSPS) is 13.1. The lowest BCUT2D eigenvalue weighted by atomic mass is 10.6. The Labute approximate surface area is 82.1 Å². The van der Waals surface area contributed by atoms with Crippen LogP contribution >= 0.6 is 0 Å². The van der Waals surface area contributed by atoms with Gasteiger partial charge in [-0.25, -0.2) is 0 Å². The molecule has 1 aliphatic rings. The fourth-order valence-electron chi connectivity index (χ4n) is 0.887. The average Bonchev–Trinajstić information content (AvgIpc) is 2.52. The number of rotatable bonds is 3. The molecule has 6 nitrogen and oxygen atoms in total. The van der Waals surface area contributed by atoms with Crippen molar-refractivity contribution in [2.75, 3.05) is 13.2 Å². The van der Waals surface area contributed by atoms with Gasteiger partial charge in [-0.2, -0.15) is 0 Å². The molecule has 0 bridgehead atoms. The zero-order valence-corrected chi connectivity index (χ0v) is 7.74. The summed E-state index contributed by atoms with van der Waals surface area (Å²) in [5.41, 5.74) is 0. The lowest BCUT2D eigenvalue weighted by molar-refractivity contribution is -0.742. The second kappa shape index (κ2) is 6.53. The minimum absolute atomic E-state index is 0.898. The quantitative estimate of drug-likeness (QED) is 0.417. The molecule has 1 heterocycles. The minimum atomic E-state index is -1.50. The van der Waals surface area contributed by atoms with Gasteiger partial charge in [-0.3, -0.25) is 0 Å². The van der Waals surface area contributed by atoms with Crippen molar-refractivity contribution in [3.05, 3.63) is 47.9 Å². The summed E-state index contributed by atoms with van der Waals surface area (Å²) in [5, 5.41) is 13.6. The maximum absolute atomic E-state index is 8.36. The van der Waals surface area contributed by atoms with Crippen LogP contribution < -0.4 is 0 Å². The van der Waals surface area contributed by atoms with Crippen molar-refractivity contribution in [1.29, 1.82) is 0 Å². The number of hydrogen-bond donors (Lipinski definition) is 1. The first-order valence-electron chi connectivity index (χ1n) is 3.85. The Hall–Kier alpha value is -1.98. The molecule has 78 valence electrons. The Morgan fingerprint density at radius 1 is 1.57 bits per heavy atom. The molecule has 0 aromatic rings. The van der Waals surface area contributed by atoms with Gasteiger partial charge in [0.05, 0.1) is 6.67 Å². The molecule has 0 saturated heterocycles. The van der Waals surface area contributed by atoms with Gasteiger partial charge in [0.2, 0.25) is 0 Å². The third-order valence-electron chi connectivity index (χ3n) is 1.41. The van der Waals surface area contributed by atoms with Crippen LogP contribution in [0.1, 0.15) is 0 Å². The molecule has 0 saturated carbocycles. The zero-order chi connectivity index (χ0) is 11.0. The standard InChI is InChI=1S/C8H12N2.HNO3/c1-3-5-10-7-6-9(4-2)8-10;2-1(3)4/h3-4,6-7H,1-2,5,8H2;(H,2,3,4). The summed E-state index contributed by atoms with van der Waals surface area (Å²) in [6.45, 7) is 9.12. The third-order valence-corrected chi connectivity index (χ3v) is 1.41. The summed E-state index contributed by atoms with van der Waals surface area (Å²) in [4.78, 5) is 12.5. The molecule has 0 amide bonds. The topological polar surface area (TPSA) is 69.9 Å². The lowest BCUT2D eigenvalue weighted by Gasteiger charge is -2.15. The van der Waals surface area contributed by atoms with Gasteiger partial charge >= 0.3 is 0 Å². The van der Waals surface area contributed by atoms with Crippen molar-refractivity contribution in [3.63, 3.8) is 0 Å². The first kappa shape index (κ1) is 12.0. The largest absolute Gasteiger partial charge is 0.355 e. The number of nitrogens with zero attached hydrogens (tertiary/aromatic N) is 3. The molecule has 0 radical (unpaired) electrons. The summed E-state index contributed by atoms with van der Waals surface area (Å²) in [6.07, 6.45) is 7.72. The second-order valence-corrected chi connectivity index (χ2v) is 2.43. The van der Waals surface area contributed by atoms with E-state index in [1.165, 1.54) is 0 Å². The highest BCUT2D eigenvalue weighted by atomic mass is 16.9. The van der Waals surface area contributed by atoms with Gasteiger partial charge in [0.15, 0.2) is 0 Å². The smallest absolute Gasteiger partial charge is 0.291 e. The molecule has 14 heavy (non-hydrogen) atoms. The molecule has 0 spiro atoms. The third kappa shape index (κ3) is 5.64. The van der Waals surface area contributed by atoms with Crippen LogP contribution in [0.25, 0.3) is 0 Å². The first-order valence-corrected chi connectivity index (χ1v) is 3.85. The van der Waals surface area contributed by atoms with E-state index >= 15 is 0 Å². The fourth-order valence-corrected chi connectivity index (χ4v) is 0.887. The molecular formula is C8H13N3O3. The molecule has 1 aliphatic heterocycles. The van der Waals surface area contributed by atoms with Gasteiger partial charge in [0, 0.05) is 18.9 Å². The SMILES string of the molecule is C=CCN1C=CN(C=C)C1.O=[N+]([O-])O. The van der Waals surface area contributed by atoms with Gasteiger partial charge in [0.25, 0.3) is 5.09 Å². The molecule has 0 fully saturated rings. The van der Waals surface area contributed by atoms with E-state index in [1.807, 2.05) is 23.4 Å². The van der Waals surface area contributed by atoms with Crippen LogP contribution in [0.5, 0.6) is 0 Å². The van der Waals surface area contributed by atoms with E-state index in [1.54, 1.807) is 6.20 Å². The highest BCUT2D eigenvalue weighted by Crippen LogP contribution is 2.04. The average molecular weight is 199 g/mol. The summed E-state index contributed by atoms with van der Waals surface area (Å²) in [7, 11) is 0. The molecule has 1 rings (SSSR count). The van der Waals surface area contributed by atoms with Crippen molar-refractivity contribution < 1.29 is 10.3 Å². The molecule has 1 N–H and O–H groups in total. The van der Waals surface area contributed by atoms with Crippen LogP contribution in [0.15, 0.2) is 37.8 Å². The van der Waals surface area contributed by atoms with E-state index in [9.17, 15) is 0 Å². The fraction of sp³-hybridized carbons (Fsp3) is 0.250. The van der Waals surface area contributed by atoms with Crippen molar-refractivity contribution in [2.45, 2.75) is 0 Å². The zero-order valence-electron chi connectivity index (χ0n) is 7.74. The van der Waals surface area contributed by atoms with Crippen LogP contribution in [-0.2, 0) is 0 Å². The molecule has 6 heteroatoms. The van der Waals surface area contributed by atoms with E-state index in [0.717, 1.165) is 13.2 Å². The van der Waals surface area contributed by atoms with Crippen LogP contribution in [0.3, 0.4) is 0 Å². The molecule has 0 aromatic heterocycles. The van der Waals surface area contributed by atoms with E-state index < -0.39 is 5.09 Å². The summed E-state index contributed by atoms with van der Waals surface area (Å²) >= 11 is 0. The summed E-state index contributed by atoms with van der Waals surface area (Å²) < 4.78 is 0. The first-order chi connectivity index (χ1) is 6.60. The van der Waals surface area contributed by atoms with Crippen LogP contribution in [-0.4, -0.2) is 33.3 Å². The Morgan fingerprint density at radius 2 is 2.14 bits per heavy atom. The highest BCUT2D eigenvalue weighted by Gasteiger charge is 2.05. The number of hydrogen-bond acceptors (Lipinski definition) is 4. The van der Waals surface area contributed by atoms with Crippen molar-refractivity contribution in [3.8, 4) is 0 Å². The van der Waals surface area contributed by atoms with Gasteiger partial charge in [-0.1, -0.05) is 12.7 Å². The van der Waals surface area contributed by atoms with Gasteiger partial charge in [0.1, 0.15) is 0 Å². The maximum Gasteiger partial charge on any atom is 0.291 e. The Bertz CT molecular complexity index is 236. The van der Waals surface area contributed by atoms with E-state index in [0.29, 0.717) is 0 Å². The Morgan fingerprint density at radius 3 is 2.50 bits per heavy atom. The van der Waals surface area contributed by atoms with Crippen LogP contribution in [0, 0.1) is 10.1 Å². The van der Waals surface area contributed by atoms with Crippen LogP contribution in [0.2, 0.25) is 0 Å². The second-order valence-electron chi connectivity index (χ2n) is 2.43. The molecular weight excluding hydrogens is 186 g/mol. The summed E-state index contributed by atoms with van der Waals surface area (Å²) in [5.74, 6) is 0.